The first kappa shape index (κ1) is 25.8. The molecule has 2 atom stereocenters. The van der Waals surface area contributed by atoms with Crippen LogP contribution in [0.5, 0.6) is 11.5 Å². The van der Waals surface area contributed by atoms with Crippen LogP contribution in [0.2, 0.25) is 0 Å². The van der Waals surface area contributed by atoms with Gasteiger partial charge in [-0.05, 0) is 55.0 Å². The fourth-order valence-corrected chi connectivity index (χ4v) is 4.32. The molecule has 1 N–H and O–H groups in total. The molecule has 1 aliphatic rings. The van der Waals surface area contributed by atoms with Gasteiger partial charge in [0.25, 0.3) is 11.5 Å². The van der Waals surface area contributed by atoms with Crippen molar-refractivity contribution in [3.63, 3.8) is 0 Å². The van der Waals surface area contributed by atoms with Crippen LogP contribution in [0.15, 0.2) is 65.6 Å². The fraction of sp³-hybridized carbons (Fsp3) is 0.269. The molecule has 194 valence electrons. The Morgan fingerprint density at radius 1 is 1.11 bits per heavy atom. The van der Waals surface area contributed by atoms with Crippen LogP contribution in [0.4, 0.5) is 18.9 Å². The van der Waals surface area contributed by atoms with E-state index in [0.29, 0.717) is 6.54 Å². The molecule has 1 aliphatic heterocycles. The minimum absolute atomic E-state index is 0.0584. The summed E-state index contributed by atoms with van der Waals surface area (Å²) in [6.07, 6.45) is 1.59. The Kier molecular flexibility index (Phi) is 7.51. The first-order valence-electron chi connectivity index (χ1n) is 11.4. The van der Waals surface area contributed by atoms with Crippen LogP contribution < -0.4 is 25.2 Å². The number of anilines is 1. The van der Waals surface area contributed by atoms with Crippen LogP contribution in [0.3, 0.4) is 0 Å². The molecule has 1 fully saturated rings. The van der Waals surface area contributed by atoms with E-state index in [9.17, 15) is 23.2 Å². The zero-order valence-electron chi connectivity index (χ0n) is 20.0. The Hall–Kier alpha value is -4.28. The number of aromatic nitrogens is 1. The summed E-state index contributed by atoms with van der Waals surface area (Å²) in [6.45, 7) is -0.904. The average Bonchev–Trinajstić information content (AvgIpc) is 3.19. The van der Waals surface area contributed by atoms with Crippen molar-refractivity contribution in [2.75, 3.05) is 18.6 Å². The molecule has 0 radical (unpaired) electrons. The van der Waals surface area contributed by atoms with Gasteiger partial charge in [-0.1, -0.05) is 6.07 Å². The van der Waals surface area contributed by atoms with Gasteiger partial charge in [-0.15, -0.1) is 0 Å². The predicted octanol–water partition coefficient (Wildman–Crippen LogP) is 3.55. The molecule has 2 heterocycles. The van der Waals surface area contributed by atoms with Crippen LogP contribution >= 0.6 is 0 Å². The predicted molar refractivity (Wildman–Crippen MR) is 129 cm³/mol. The van der Waals surface area contributed by atoms with Crippen LogP contribution in [-0.2, 0) is 11.3 Å². The van der Waals surface area contributed by atoms with Crippen molar-refractivity contribution in [2.24, 2.45) is 0 Å². The number of alkyl halides is 2. The number of hydrogen-bond donors (Lipinski definition) is 1. The molecule has 1 saturated heterocycles. The van der Waals surface area contributed by atoms with Crippen molar-refractivity contribution in [2.45, 2.75) is 32.0 Å². The molecule has 11 heteroatoms. The van der Waals surface area contributed by atoms with E-state index in [0.717, 1.165) is 0 Å². The van der Waals surface area contributed by atoms with Gasteiger partial charge in [-0.25, -0.2) is 4.39 Å². The maximum Gasteiger partial charge on any atom is 0.387 e. The summed E-state index contributed by atoms with van der Waals surface area (Å²) in [5, 5.41) is 2.63. The lowest BCUT2D eigenvalue weighted by atomic mass is 9.93. The lowest BCUT2D eigenvalue weighted by molar-refractivity contribution is -0.118. The highest BCUT2D eigenvalue weighted by Crippen LogP contribution is 2.34. The van der Waals surface area contributed by atoms with Gasteiger partial charge >= 0.3 is 6.61 Å². The van der Waals surface area contributed by atoms with E-state index in [1.54, 1.807) is 25.3 Å². The number of carbonyl (C=O) groups is 2. The van der Waals surface area contributed by atoms with E-state index < -0.39 is 41.8 Å². The van der Waals surface area contributed by atoms with E-state index in [4.69, 9.17) is 4.74 Å². The molecule has 2 aromatic carbocycles. The van der Waals surface area contributed by atoms with Gasteiger partial charge in [0.1, 0.15) is 29.0 Å². The van der Waals surface area contributed by atoms with Crippen molar-refractivity contribution in [3.8, 4) is 11.5 Å². The molecule has 0 bridgehead atoms. The number of methoxy groups -OCH3 is 1. The summed E-state index contributed by atoms with van der Waals surface area (Å²) < 4.78 is 50.7. The van der Waals surface area contributed by atoms with Gasteiger partial charge in [0, 0.05) is 36.8 Å². The molecule has 0 saturated carbocycles. The number of amides is 2. The molecular weight excluding hydrogens is 491 g/mol. The third kappa shape index (κ3) is 5.30. The number of hydrogen-bond acceptors (Lipinski definition) is 5. The summed E-state index contributed by atoms with van der Waals surface area (Å²) in [4.78, 5) is 40.7. The Balaban J connectivity index is 1.68. The highest BCUT2D eigenvalue weighted by atomic mass is 19.3. The van der Waals surface area contributed by atoms with Gasteiger partial charge in [-0.2, -0.15) is 8.78 Å². The topological polar surface area (TPSA) is 89.9 Å². The van der Waals surface area contributed by atoms with Gasteiger partial charge in [0.05, 0.1) is 7.11 Å². The normalized spacial score (nSPS) is 17.2. The van der Waals surface area contributed by atoms with E-state index >= 15 is 4.39 Å². The van der Waals surface area contributed by atoms with Crippen LogP contribution in [0.1, 0.15) is 28.8 Å². The minimum Gasteiger partial charge on any atom is -0.497 e. The van der Waals surface area contributed by atoms with Gasteiger partial charge in [0.15, 0.2) is 0 Å². The Morgan fingerprint density at radius 3 is 2.43 bits per heavy atom. The van der Waals surface area contributed by atoms with E-state index in [1.807, 2.05) is 0 Å². The highest BCUT2D eigenvalue weighted by Gasteiger charge is 2.44. The highest BCUT2D eigenvalue weighted by molar-refractivity contribution is 6.05. The maximum absolute atomic E-state index is 15.1. The molecule has 2 amide bonds. The maximum atomic E-state index is 15.1. The second kappa shape index (κ2) is 10.8. The zero-order valence-corrected chi connectivity index (χ0v) is 20.0. The van der Waals surface area contributed by atoms with Crippen molar-refractivity contribution < 1.29 is 32.2 Å². The average molecular weight is 515 g/mol. The molecule has 0 spiro atoms. The monoisotopic (exact) mass is 515 g/mol. The minimum atomic E-state index is -3.02. The summed E-state index contributed by atoms with van der Waals surface area (Å²) in [7, 11) is 1.39. The van der Waals surface area contributed by atoms with Crippen molar-refractivity contribution in [3.05, 3.63) is 88.1 Å². The second-order valence-electron chi connectivity index (χ2n) is 8.28. The lowest BCUT2D eigenvalue weighted by Gasteiger charge is -2.19. The van der Waals surface area contributed by atoms with Crippen molar-refractivity contribution >= 4 is 17.5 Å². The third-order valence-electron chi connectivity index (χ3n) is 6.18. The van der Waals surface area contributed by atoms with Crippen molar-refractivity contribution in [1.29, 1.82) is 0 Å². The molecular formula is C26H24F3N3O5. The number of ether oxygens (including phenoxy) is 2. The van der Waals surface area contributed by atoms with E-state index in [2.05, 4.69) is 10.1 Å². The standard InChI is InChI=1S/C26H24F3N3O5/c1-3-31-12-4-5-21(24(31)34)32-14-19(18-11-10-17(36-2)13-20(18)27)22(25(32)35)30-23(33)15-6-8-16(9-7-15)37-26(28)29/h4-13,19,22,26H,3,14H2,1-2H3,(H,30,33)/t19-,22-/m0/s1. The van der Waals surface area contributed by atoms with Gasteiger partial charge in [0.2, 0.25) is 5.91 Å². The zero-order chi connectivity index (χ0) is 26.7. The molecule has 0 aliphatic carbocycles. The summed E-state index contributed by atoms with van der Waals surface area (Å²) in [5.41, 5.74) is -0.0448. The number of pyridine rings is 1. The third-order valence-corrected chi connectivity index (χ3v) is 6.18. The second-order valence-corrected chi connectivity index (χ2v) is 8.28. The molecule has 8 nitrogen and oxygen atoms in total. The van der Waals surface area contributed by atoms with Crippen LogP contribution in [-0.4, -0.2) is 42.7 Å². The van der Waals surface area contributed by atoms with Gasteiger partial charge < -0.3 is 24.3 Å². The fourth-order valence-electron chi connectivity index (χ4n) is 4.32. The quantitative estimate of drug-likeness (QED) is 0.496. The van der Waals surface area contributed by atoms with E-state index in [-0.39, 0.29) is 34.9 Å². The number of halogens is 3. The Bertz CT molecular complexity index is 1360. The number of rotatable bonds is 8. The van der Waals surface area contributed by atoms with Gasteiger partial charge in [-0.3, -0.25) is 14.4 Å². The first-order valence-corrected chi connectivity index (χ1v) is 11.4. The van der Waals surface area contributed by atoms with Crippen LogP contribution in [0.25, 0.3) is 0 Å². The summed E-state index contributed by atoms with van der Waals surface area (Å²) in [5.74, 6) is -2.59. The van der Waals surface area contributed by atoms with Crippen molar-refractivity contribution in [1.82, 2.24) is 9.88 Å². The Labute approximate surface area is 210 Å². The largest absolute Gasteiger partial charge is 0.497 e. The summed E-state index contributed by atoms with van der Waals surface area (Å²) in [6, 6.07) is 11.0. The number of benzene rings is 2. The number of nitrogens with zero attached hydrogens (tertiary/aromatic N) is 2. The number of nitrogens with one attached hydrogen (secondary N) is 1. The molecule has 4 rings (SSSR count). The lowest BCUT2D eigenvalue weighted by Crippen LogP contribution is -2.44. The molecule has 37 heavy (non-hydrogen) atoms. The molecule has 0 unspecified atom stereocenters. The molecule has 3 aromatic rings. The smallest absolute Gasteiger partial charge is 0.387 e. The SMILES string of the molecule is CCn1cccc(N2C[C@@H](c3ccc(OC)cc3F)[C@H](NC(=O)c3ccc(OC(F)F)cc3)C2=O)c1=O. The first-order chi connectivity index (χ1) is 17.7. The molecule has 1 aromatic heterocycles. The Morgan fingerprint density at radius 2 is 1.81 bits per heavy atom. The number of carbonyl (C=O) groups excluding carboxylic acids is 2. The summed E-state index contributed by atoms with van der Waals surface area (Å²) >= 11 is 0. The van der Waals surface area contributed by atoms with Crippen LogP contribution in [0, 0.1) is 5.82 Å². The number of aryl methyl sites for hydroxylation is 1. The van der Waals surface area contributed by atoms with E-state index in [1.165, 1.54) is 59.0 Å².